The summed E-state index contributed by atoms with van der Waals surface area (Å²) in [7, 11) is 0. The molecule has 0 radical (unpaired) electrons. The van der Waals surface area contributed by atoms with E-state index >= 15 is 0 Å². The van der Waals surface area contributed by atoms with Crippen molar-refractivity contribution in [2.45, 2.75) is 38.0 Å². The fourth-order valence-corrected chi connectivity index (χ4v) is 3.23. The second-order valence-corrected chi connectivity index (χ2v) is 6.63. The Kier molecular flexibility index (Phi) is 4.83. The van der Waals surface area contributed by atoms with Crippen LogP contribution in [0.25, 0.3) is 0 Å². The van der Waals surface area contributed by atoms with E-state index in [2.05, 4.69) is 15.8 Å². The Morgan fingerprint density at radius 1 is 1.27 bits per heavy atom. The number of hydrogen-bond donors (Lipinski definition) is 3. The van der Waals surface area contributed by atoms with Crippen LogP contribution >= 0.6 is 0 Å². The molecule has 3 rings (SSSR count). The van der Waals surface area contributed by atoms with Gasteiger partial charge in [-0.15, -0.1) is 0 Å². The highest BCUT2D eigenvalue weighted by Gasteiger charge is 2.38. The number of hydrogen-bond acceptors (Lipinski definition) is 5. The number of benzene rings is 1. The number of anilines is 1. The number of carbonyl (C=O) groups excluding carboxylic acids is 1. The average Bonchev–Trinajstić information content (AvgIpc) is 2.62. The number of amidine groups is 1. The first-order valence-corrected chi connectivity index (χ1v) is 8.50. The first kappa shape index (κ1) is 18.5. The molecule has 1 aromatic rings. The number of nitrogens with one attached hydrogen (secondary N) is 2. The maximum absolute atomic E-state index is 13.6. The van der Waals surface area contributed by atoms with Crippen LogP contribution in [0.1, 0.15) is 37.3 Å². The van der Waals surface area contributed by atoms with Crippen LogP contribution in [0.15, 0.2) is 23.2 Å². The Morgan fingerprint density at radius 3 is 2.50 bits per heavy atom. The molecular weight excluding hydrogens is 349 g/mol. The van der Waals surface area contributed by atoms with Gasteiger partial charge in [0, 0.05) is 24.3 Å². The number of nitrogens with zero attached hydrogens (tertiary/aromatic N) is 2. The molecule has 0 atom stereocenters. The second-order valence-electron chi connectivity index (χ2n) is 6.63. The molecule has 0 spiro atoms. The second kappa shape index (κ2) is 6.79. The minimum absolute atomic E-state index is 0.0971. The van der Waals surface area contributed by atoms with Crippen molar-refractivity contribution < 1.29 is 23.1 Å². The molecule has 0 unspecified atom stereocenters. The van der Waals surface area contributed by atoms with E-state index in [0.29, 0.717) is 32.4 Å². The van der Waals surface area contributed by atoms with E-state index in [1.807, 2.05) is 6.92 Å². The van der Waals surface area contributed by atoms with Crippen molar-refractivity contribution in [3.63, 3.8) is 0 Å². The number of hydrazine groups is 1. The van der Waals surface area contributed by atoms with Crippen LogP contribution in [0.4, 0.5) is 18.9 Å². The number of alkyl halides is 3. The van der Waals surface area contributed by atoms with Gasteiger partial charge in [0.1, 0.15) is 12.4 Å². The Hall–Kier alpha value is -2.29. The highest BCUT2D eigenvalue weighted by molar-refractivity contribution is 6.03. The van der Waals surface area contributed by atoms with E-state index in [1.54, 1.807) is 11.0 Å². The van der Waals surface area contributed by atoms with Gasteiger partial charge in [-0.3, -0.25) is 20.6 Å². The lowest BCUT2D eigenvalue weighted by Gasteiger charge is -2.39. The van der Waals surface area contributed by atoms with Gasteiger partial charge in [-0.05, 0) is 37.5 Å². The standard InChI is InChI=1S/C17H21F3N4O2/c1-2-16(26)5-7-24(8-6-16)13-4-3-11(9-12(13)17(18,19)20)15-21-10-14(25)22-23-15/h3-4,9,26H,2,5-8,10H2,1H3,(H,21,23)(H,22,25). The van der Waals surface area contributed by atoms with Gasteiger partial charge in [0.15, 0.2) is 0 Å². The lowest BCUT2D eigenvalue weighted by molar-refractivity contribution is -0.137. The molecule has 0 saturated carbocycles. The first-order valence-electron chi connectivity index (χ1n) is 8.50. The molecule has 0 bridgehead atoms. The third kappa shape index (κ3) is 3.77. The SMILES string of the molecule is CCC1(O)CCN(c2ccc(C3=NCC(=O)NN3)cc2C(F)(F)F)CC1. The quantitative estimate of drug-likeness (QED) is 0.759. The highest BCUT2D eigenvalue weighted by atomic mass is 19.4. The predicted octanol–water partition coefficient (Wildman–Crippen LogP) is 1.83. The van der Waals surface area contributed by atoms with Gasteiger partial charge < -0.3 is 10.0 Å². The number of aliphatic hydroxyl groups is 1. The summed E-state index contributed by atoms with van der Waals surface area (Å²) >= 11 is 0. The molecule has 1 aromatic carbocycles. The summed E-state index contributed by atoms with van der Waals surface area (Å²) < 4.78 is 40.9. The maximum Gasteiger partial charge on any atom is 0.418 e. The van der Waals surface area contributed by atoms with E-state index in [9.17, 15) is 23.1 Å². The monoisotopic (exact) mass is 370 g/mol. The molecule has 9 heteroatoms. The molecule has 2 heterocycles. The zero-order chi connectivity index (χ0) is 18.9. The summed E-state index contributed by atoms with van der Waals surface area (Å²) in [6.45, 7) is 2.47. The molecule has 0 aliphatic carbocycles. The molecule has 0 aromatic heterocycles. The van der Waals surface area contributed by atoms with Crippen LogP contribution in [-0.2, 0) is 11.0 Å². The number of amides is 1. The van der Waals surface area contributed by atoms with E-state index < -0.39 is 17.3 Å². The summed E-state index contributed by atoms with van der Waals surface area (Å²) in [5, 5.41) is 10.3. The smallest absolute Gasteiger partial charge is 0.390 e. The maximum atomic E-state index is 13.6. The Morgan fingerprint density at radius 2 is 1.96 bits per heavy atom. The summed E-state index contributed by atoms with van der Waals surface area (Å²) in [4.78, 5) is 16.7. The summed E-state index contributed by atoms with van der Waals surface area (Å²) in [6, 6.07) is 4.02. The van der Waals surface area contributed by atoms with Gasteiger partial charge in [-0.2, -0.15) is 13.2 Å². The van der Waals surface area contributed by atoms with Crippen molar-refractivity contribution in [3.8, 4) is 0 Å². The van der Waals surface area contributed by atoms with Gasteiger partial charge in [0.25, 0.3) is 5.91 Å². The van der Waals surface area contributed by atoms with Crippen molar-refractivity contribution in [1.82, 2.24) is 10.9 Å². The minimum atomic E-state index is -4.53. The molecule has 1 amide bonds. The zero-order valence-electron chi connectivity index (χ0n) is 14.4. The largest absolute Gasteiger partial charge is 0.418 e. The molecule has 2 aliphatic heterocycles. The van der Waals surface area contributed by atoms with Crippen LogP contribution < -0.4 is 15.8 Å². The summed E-state index contributed by atoms with van der Waals surface area (Å²) in [5.41, 5.74) is 3.66. The minimum Gasteiger partial charge on any atom is -0.390 e. The van der Waals surface area contributed by atoms with E-state index in [-0.39, 0.29) is 29.5 Å². The van der Waals surface area contributed by atoms with Gasteiger partial charge in [-0.1, -0.05) is 6.92 Å². The first-order chi connectivity index (χ1) is 12.2. The fourth-order valence-electron chi connectivity index (χ4n) is 3.23. The van der Waals surface area contributed by atoms with Crippen LogP contribution in [0, 0.1) is 0 Å². The van der Waals surface area contributed by atoms with Gasteiger partial charge in [0.05, 0.1) is 11.2 Å². The Labute approximate surface area is 149 Å². The molecule has 1 fully saturated rings. The lowest BCUT2D eigenvalue weighted by atomic mass is 9.88. The number of rotatable bonds is 3. The molecule has 2 aliphatic rings. The van der Waals surface area contributed by atoms with Gasteiger partial charge >= 0.3 is 6.18 Å². The number of piperidine rings is 1. The summed E-state index contributed by atoms with van der Waals surface area (Å²) in [5.74, 6) is -0.154. The van der Waals surface area contributed by atoms with Crippen LogP contribution in [-0.4, -0.2) is 42.1 Å². The average molecular weight is 370 g/mol. The fraction of sp³-hybridized carbons (Fsp3) is 0.529. The zero-order valence-corrected chi connectivity index (χ0v) is 14.4. The van der Waals surface area contributed by atoms with Crippen LogP contribution in [0.2, 0.25) is 0 Å². The molecule has 1 saturated heterocycles. The number of halogens is 3. The topological polar surface area (TPSA) is 77.0 Å². The number of aliphatic imine (C=N–C) groups is 1. The van der Waals surface area contributed by atoms with Gasteiger partial charge in [0.2, 0.25) is 0 Å². The van der Waals surface area contributed by atoms with E-state index in [0.717, 1.165) is 6.07 Å². The molecule has 142 valence electrons. The normalized spacial score (nSPS) is 20.3. The highest BCUT2D eigenvalue weighted by Crippen LogP contribution is 2.39. The molecule has 6 nitrogen and oxygen atoms in total. The molecule has 26 heavy (non-hydrogen) atoms. The number of carbonyl (C=O) groups is 1. The van der Waals surface area contributed by atoms with E-state index in [1.165, 1.54) is 6.07 Å². The van der Waals surface area contributed by atoms with Crippen molar-refractivity contribution >= 4 is 17.4 Å². The van der Waals surface area contributed by atoms with Gasteiger partial charge in [-0.25, -0.2) is 0 Å². The molecule has 3 N–H and O–H groups in total. The van der Waals surface area contributed by atoms with Crippen LogP contribution in [0.5, 0.6) is 0 Å². The Balaban J connectivity index is 1.90. The van der Waals surface area contributed by atoms with Crippen LogP contribution in [0.3, 0.4) is 0 Å². The molecular formula is C17H21F3N4O2. The van der Waals surface area contributed by atoms with Crippen molar-refractivity contribution in [2.24, 2.45) is 4.99 Å². The van der Waals surface area contributed by atoms with Crippen molar-refractivity contribution in [1.29, 1.82) is 0 Å². The third-order valence-corrected chi connectivity index (χ3v) is 4.97. The summed E-state index contributed by atoms with van der Waals surface area (Å²) in [6.07, 6.45) is -3.07. The predicted molar refractivity (Wildman–Crippen MR) is 90.8 cm³/mol. The van der Waals surface area contributed by atoms with Crippen molar-refractivity contribution in [3.05, 3.63) is 29.3 Å². The lowest BCUT2D eigenvalue weighted by Crippen LogP contribution is -2.47. The third-order valence-electron chi connectivity index (χ3n) is 4.97. The van der Waals surface area contributed by atoms with Crippen molar-refractivity contribution in [2.75, 3.05) is 24.5 Å². The Bertz CT molecular complexity index is 725. The van der Waals surface area contributed by atoms with E-state index in [4.69, 9.17) is 0 Å².